The third-order valence-corrected chi connectivity index (χ3v) is 6.20. The molecule has 0 saturated carbocycles. The molecule has 5 nitrogen and oxygen atoms in total. The van der Waals surface area contributed by atoms with E-state index in [0.717, 1.165) is 53.7 Å². The molecule has 6 heteroatoms. The van der Waals surface area contributed by atoms with Gasteiger partial charge in [-0.2, -0.15) is 0 Å². The fraction of sp³-hybridized carbons (Fsp3) is 0.200. The number of nitrogens with zero attached hydrogens (tertiary/aromatic N) is 2. The number of hydrogen-bond acceptors (Lipinski definition) is 5. The molecule has 0 unspecified atom stereocenters. The van der Waals surface area contributed by atoms with Crippen LogP contribution in [0.5, 0.6) is 11.5 Å². The van der Waals surface area contributed by atoms with Gasteiger partial charge in [0.25, 0.3) is 10.1 Å². The van der Waals surface area contributed by atoms with Crippen molar-refractivity contribution < 1.29 is 14.2 Å². The quantitative estimate of drug-likeness (QED) is 0.298. The number of unbranched alkanes of at least 4 members (excludes halogenated alkanes) is 1. The molecule has 156 valence electrons. The van der Waals surface area contributed by atoms with Crippen LogP contribution in [0.2, 0.25) is 0 Å². The Bertz CT molecular complexity index is 1150. The Morgan fingerprint density at radius 3 is 2.42 bits per heavy atom. The molecule has 3 aromatic carbocycles. The predicted octanol–water partition coefficient (Wildman–Crippen LogP) is 5.46. The first-order chi connectivity index (χ1) is 15.3. The molecule has 0 spiro atoms. The second kappa shape index (κ2) is 9.18. The Labute approximate surface area is 185 Å². The summed E-state index contributed by atoms with van der Waals surface area (Å²) in [6, 6.07) is 26.7. The Hall–Kier alpha value is -3.38. The van der Waals surface area contributed by atoms with Crippen LogP contribution in [0.25, 0.3) is 5.69 Å². The zero-order valence-electron chi connectivity index (χ0n) is 17.2. The lowest BCUT2D eigenvalue weighted by atomic mass is 10.1. The number of benzene rings is 3. The van der Waals surface area contributed by atoms with Gasteiger partial charge in [-0.3, -0.25) is 0 Å². The van der Waals surface area contributed by atoms with Gasteiger partial charge in [0.05, 0.1) is 0 Å². The molecule has 1 aliphatic heterocycles. The number of hydrogen-bond donors (Lipinski definition) is 1. The van der Waals surface area contributed by atoms with E-state index in [2.05, 4.69) is 58.5 Å². The summed E-state index contributed by atoms with van der Waals surface area (Å²) >= 11 is 1.72. The molecule has 1 aliphatic rings. The number of ether oxygens (including phenoxy) is 2. The largest absolute Gasteiger partial charge is 0.454 e. The maximum Gasteiger partial charge on any atom is 0.273 e. The lowest BCUT2D eigenvalue weighted by Gasteiger charge is -2.02. The zero-order chi connectivity index (χ0) is 20.9. The van der Waals surface area contributed by atoms with Crippen molar-refractivity contribution in [2.75, 3.05) is 12.1 Å². The van der Waals surface area contributed by atoms with E-state index in [4.69, 9.17) is 14.6 Å². The first-order valence-electron chi connectivity index (χ1n) is 10.5. The maximum atomic E-state index is 5.49. The van der Waals surface area contributed by atoms with Gasteiger partial charge in [0.1, 0.15) is 0 Å². The van der Waals surface area contributed by atoms with E-state index in [1.165, 1.54) is 10.6 Å². The normalized spacial score (nSPS) is 12.1. The average Bonchev–Trinajstić information content (AvgIpc) is 3.44. The fourth-order valence-corrected chi connectivity index (χ4v) is 4.64. The summed E-state index contributed by atoms with van der Waals surface area (Å²) in [5.41, 5.74) is 3.42. The van der Waals surface area contributed by atoms with Crippen LogP contribution >= 0.6 is 11.3 Å². The van der Waals surface area contributed by atoms with Gasteiger partial charge in [-0.25, -0.2) is 0 Å². The van der Waals surface area contributed by atoms with E-state index in [1.54, 1.807) is 11.3 Å². The van der Waals surface area contributed by atoms with Crippen LogP contribution < -0.4 is 19.5 Å². The van der Waals surface area contributed by atoms with Gasteiger partial charge in [-0.15, -0.1) is 0 Å². The van der Waals surface area contributed by atoms with E-state index in [0.29, 0.717) is 6.79 Å². The number of para-hydroxylation sites is 2. The highest BCUT2D eigenvalue weighted by Gasteiger charge is 2.22. The van der Waals surface area contributed by atoms with Crippen LogP contribution in [0, 0.1) is 0 Å². The Balaban J connectivity index is 1.27. The smallest absolute Gasteiger partial charge is 0.273 e. The lowest BCUT2D eigenvalue weighted by Crippen LogP contribution is -2.36. The lowest BCUT2D eigenvalue weighted by molar-refractivity contribution is -0.660. The zero-order valence-corrected chi connectivity index (χ0v) is 18.0. The Morgan fingerprint density at radius 1 is 0.839 bits per heavy atom. The van der Waals surface area contributed by atoms with Crippen molar-refractivity contribution in [3.8, 4) is 17.2 Å². The highest BCUT2D eigenvalue weighted by Crippen LogP contribution is 2.33. The molecular weight excluding hydrogens is 406 g/mol. The van der Waals surface area contributed by atoms with E-state index in [9.17, 15) is 0 Å². The fourth-order valence-electron chi connectivity index (χ4n) is 3.65. The molecule has 0 fully saturated rings. The van der Waals surface area contributed by atoms with Crippen LogP contribution in [-0.4, -0.2) is 11.9 Å². The van der Waals surface area contributed by atoms with E-state index in [-0.39, 0.29) is 0 Å². The maximum absolute atomic E-state index is 5.49. The topological polar surface area (TPSA) is 47.3 Å². The summed E-state index contributed by atoms with van der Waals surface area (Å²) < 4.78 is 13.0. The van der Waals surface area contributed by atoms with Gasteiger partial charge in [0, 0.05) is 29.3 Å². The van der Waals surface area contributed by atoms with Crippen molar-refractivity contribution >= 4 is 22.2 Å². The summed E-state index contributed by atoms with van der Waals surface area (Å²) in [5, 5.41) is 10.4. The minimum atomic E-state index is 0.322. The van der Waals surface area contributed by atoms with E-state index >= 15 is 0 Å². The molecule has 0 amide bonds. The number of aryl methyl sites for hydroxylation is 2. The summed E-state index contributed by atoms with van der Waals surface area (Å²) in [6.07, 6.45) is 4.20. The number of rotatable bonds is 8. The number of anilines is 2. The second-order valence-corrected chi connectivity index (χ2v) is 8.50. The van der Waals surface area contributed by atoms with Gasteiger partial charge in [0.15, 0.2) is 11.5 Å². The Kier molecular flexibility index (Phi) is 5.80. The van der Waals surface area contributed by atoms with E-state index < -0.39 is 0 Å². The molecule has 1 N–H and O–H groups in total. The summed E-state index contributed by atoms with van der Waals surface area (Å²) in [5.74, 6) is 1.70. The molecule has 31 heavy (non-hydrogen) atoms. The van der Waals surface area contributed by atoms with Crippen molar-refractivity contribution in [1.29, 1.82) is 0 Å². The minimum absolute atomic E-state index is 0.322. The third kappa shape index (κ3) is 4.70. The van der Waals surface area contributed by atoms with Crippen molar-refractivity contribution in [1.82, 2.24) is 5.10 Å². The molecule has 0 radical (unpaired) electrons. The van der Waals surface area contributed by atoms with Gasteiger partial charge in [-0.1, -0.05) is 42.5 Å². The van der Waals surface area contributed by atoms with Crippen molar-refractivity contribution in [3.05, 3.63) is 89.4 Å². The Morgan fingerprint density at radius 2 is 1.58 bits per heavy atom. The van der Waals surface area contributed by atoms with Gasteiger partial charge in [-0.05, 0) is 65.1 Å². The molecule has 4 aromatic rings. The summed E-state index contributed by atoms with van der Waals surface area (Å²) in [4.78, 5) is 0. The van der Waals surface area contributed by atoms with Gasteiger partial charge in [0.2, 0.25) is 12.5 Å². The van der Waals surface area contributed by atoms with Crippen LogP contribution in [0.15, 0.2) is 78.9 Å². The summed E-state index contributed by atoms with van der Waals surface area (Å²) in [7, 11) is 0. The van der Waals surface area contributed by atoms with Gasteiger partial charge < -0.3 is 14.8 Å². The second-order valence-electron chi connectivity index (χ2n) is 7.43. The van der Waals surface area contributed by atoms with Crippen LogP contribution in [0.4, 0.5) is 10.8 Å². The molecule has 0 atom stereocenters. The van der Waals surface area contributed by atoms with Crippen LogP contribution in [-0.2, 0) is 12.8 Å². The highest BCUT2D eigenvalue weighted by molar-refractivity contribution is 7.15. The van der Waals surface area contributed by atoms with Crippen molar-refractivity contribution in [2.24, 2.45) is 0 Å². The molecular formula is C25H24N3O2S+. The molecule has 5 rings (SSSR count). The number of nitrogens with one attached hydrogen (secondary N) is 1. The third-order valence-electron chi connectivity index (χ3n) is 5.21. The molecule has 0 saturated heterocycles. The first kappa shape index (κ1) is 19.6. The first-order valence-corrected chi connectivity index (χ1v) is 11.3. The predicted molar refractivity (Wildman–Crippen MR) is 123 cm³/mol. The monoisotopic (exact) mass is 430 g/mol. The van der Waals surface area contributed by atoms with Crippen molar-refractivity contribution in [2.45, 2.75) is 25.7 Å². The molecule has 0 aliphatic carbocycles. The van der Waals surface area contributed by atoms with Crippen LogP contribution in [0.1, 0.15) is 23.4 Å². The average molecular weight is 431 g/mol. The summed E-state index contributed by atoms with van der Waals surface area (Å²) in [6.45, 7) is 0.322. The molecule has 1 aromatic heterocycles. The molecule has 2 heterocycles. The highest BCUT2D eigenvalue weighted by atomic mass is 32.1. The number of aromatic nitrogens is 2. The van der Waals surface area contributed by atoms with Crippen LogP contribution in [0.3, 0.4) is 0 Å². The molecule has 0 bridgehead atoms. The number of fused-ring (bicyclic) bond motifs is 1. The SMILES string of the molecule is c1ccc(Nc2n[n+](-c3ccccc3)c(CCCCc3ccc4c(c3)OCO4)s2)cc1. The standard InChI is InChI=1S/C25H24N3O2S/c1-3-10-20(11-4-1)26-25-27-28(21-12-5-2-6-13-21)24(31-25)14-8-7-9-19-15-16-22-23(17-19)30-18-29-22/h1-6,10-13,15-17H,7-9,14,18H2,(H,26,27)/q+1. The minimum Gasteiger partial charge on any atom is -0.454 e. The van der Waals surface area contributed by atoms with E-state index in [1.807, 2.05) is 30.3 Å². The van der Waals surface area contributed by atoms with Crippen molar-refractivity contribution in [3.63, 3.8) is 0 Å². The van der Waals surface area contributed by atoms with Gasteiger partial charge >= 0.3 is 0 Å².